The summed E-state index contributed by atoms with van der Waals surface area (Å²) in [6.07, 6.45) is 1.59. The molecule has 0 aliphatic carbocycles. The lowest BCUT2D eigenvalue weighted by Gasteiger charge is -2.36. The molecular weight excluding hydrogens is 373 g/mol. The topological polar surface area (TPSA) is 53.4 Å². The second-order valence-electron chi connectivity index (χ2n) is 6.63. The number of halogens is 2. The molecule has 3 rings (SSSR count). The van der Waals surface area contributed by atoms with E-state index >= 15 is 0 Å². The van der Waals surface area contributed by atoms with Crippen LogP contribution in [0.1, 0.15) is 6.92 Å². The van der Waals surface area contributed by atoms with Crippen molar-refractivity contribution in [2.45, 2.75) is 13.0 Å². The molecule has 0 bridgehead atoms. The molecule has 140 valence electrons. The standard InChI is InChI=1S/C18H23Cl2N5O/c1-13(24-9-7-23(2)8-10-24)11-21-16-12-22-25(18(26)17(16)20)15-5-3-14(19)4-6-15/h3-6,12-13,21H,7-11H2,1-2H3. The van der Waals surface area contributed by atoms with Crippen molar-refractivity contribution in [2.24, 2.45) is 0 Å². The molecule has 2 heterocycles. The number of rotatable bonds is 5. The van der Waals surface area contributed by atoms with Gasteiger partial charge in [0.1, 0.15) is 5.02 Å². The molecule has 1 N–H and O–H groups in total. The summed E-state index contributed by atoms with van der Waals surface area (Å²) in [5, 5.41) is 8.24. The molecule has 1 aromatic carbocycles. The van der Waals surface area contributed by atoms with E-state index < -0.39 is 0 Å². The first-order valence-corrected chi connectivity index (χ1v) is 9.41. The number of nitrogens with zero attached hydrogens (tertiary/aromatic N) is 4. The normalized spacial score (nSPS) is 17.2. The van der Waals surface area contributed by atoms with E-state index in [0.29, 0.717) is 29.0 Å². The van der Waals surface area contributed by atoms with Crippen LogP contribution in [0.25, 0.3) is 5.69 Å². The van der Waals surface area contributed by atoms with Crippen LogP contribution in [-0.4, -0.2) is 65.4 Å². The minimum absolute atomic E-state index is 0.139. The first-order valence-electron chi connectivity index (χ1n) is 8.66. The second-order valence-corrected chi connectivity index (χ2v) is 7.45. The third-order valence-electron chi connectivity index (χ3n) is 4.74. The van der Waals surface area contributed by atoms with Gasteiger partial charge in [0.2, 0.25) is 0 Å². The molecule has 0 saturated carbocycles. The van der Waals surface area contributed by atoms with Crippen LogP contribution in [0.2, 0.25) is 10.0 Å². The smallest absolute Gasteiger partial charge is 0.292 e. The first kappa shape index (κ1) is 19.2. The summed E-state index contributed by atoms with van der Waals surface area (Å²) in [7, 11) is 2.14. The molecule has 26 heavy (non-hydrogen) atoms. The van der Waals surface area contributed by atoms with Crippen molar-refractivity contribution in [3.8, 4) is 5.69 Å². The number of aromatic nitrogens is 2. The van der Waals surface area contributed by atoms with Gasteiger partial charge in [-0.2, -0.15) is 9.78 Å². The molecule has 1 saturated heterocycles. The Morgan fingerprint density at radius 2 is 1.81 bits per heavy atom. The second kappa shape index (κ2) is 8.39. The molecule has 2 aromatic rings. The highest BCUT2D eigenvalue weighted by atomic mass is 35.5. The summed E-state index contributed by atoms with van der Waals surface area (Å²) in [5.74, 6) is 0. The largest absolute Gasteiger partial charge is 0.381 e. The van der Waals surface area contributed by atoms with Crippen LogP contribution in [-0.2, 0) is 0 Å². The fraction of sp³-hybridized carbons (Fsp3) is 0.444. The monoisotopic (exact) mass is 395 g/mol. The lowest BCUT2D eigenvalue weighted by atomic mass is 10.2. The van der Waals surface area contributed by atoms with Gasteiger partial charge in [-0.05, 0) is 38.2 Å². The Morgan fingerprint density at radius 3 is 2.46 bits per heavy atom. The van der Waals surface area contributed by atoms with Gasteiger partial charge in [0.25, 0.3) is 5.56 Å². The van der Waals surface area contributed by atoms with Crippen LogP contribution in [0.4, 0.5) is 5.69 Å². The zero-order valence-electron chi connectivity index (χ0n) is 15.0. The van der Waals surface area contributed by atoms with Gasteiger partial charge in [-0.25, -0.2) is 0 Å². The van der Waals surface area contributed by atoms with Crippen molar-refractivity contribution in [3.63, 3.8) is 0 Å². The molecule has 0 spiro atoms. The number of nitrogens with one attached hydrogen (secondary N) is 1. The lowest BCUT2D eigenvalue weighted by Crippen LogP contribution is -2.49. The van der Waals surface area contributed by atoms with Gasteiger partial charge >= 0.3 is 0 Å². The number of likely N-dealkylation sites (N-methyl/N-ethyl adjacent to an activating group) is 1. The molecule has 0 amide bonds. The molecule has 6 nitrogen and oxygen atoms in total. The summed E-state index contributed by atoms with van der Waals surface area (Å²) in [5.41, 5.74) is 0.827. The minimum atomic E-state index is -0.355. The van der Waals surface area contributed by atoms with Gasteiger partial charge in [0, 0.05) is 43.8 Å². The molecule has 8 heteroatoms. The van der Waals surface area contributed by atoms with E-state index in [1.165, 1.54) is 4.68 Å². The van der Waals surface area contributed by atoms with E-state index in [2.05, 4.69) is 34.2 Å². The molecular formula is C18H23Cl2N5O. The van der Waals surface area contributed by atoms with Crippen molar-refractivity contribution in [1.29, 1.82) is 0 Å². The zero-order valence-corrected chi connectivity index (χ0v) is 16.5. The average Bonchev–Trinajstić information content (AvgIpc) is 2.64. The minimum Gasteiger partial charge on any atom is -0.381 e. The maximum absolute atomic E-state index is 12.5. The molecule has 0 radical (unpaired) electrons. The lowest BCUT2D eigenvalue weighted by molar-refractivity contribution is 0.123. The molecule has 1 aromatic heterocycles. The fourth-order valence-electron chi connectivity index (χ4n) is 2.97. The van der Waals surface area contributed by atoms with Crippen LogP contribution >= 0.6 is 23.2 Å². The molecule has 1 fully saturated rings. The predicted octanol–water partition coefficient (Wildman–Crippen LogP) is 2.59. The Kier molecular flexibility index (Phi) is 6.19. The van der Waals surface area contributed by atoms with E-state index in [-0.39, 0.29) is 10.6 Å². The molecule has 1 atom stereocenters. The zero-order chi connectivity index (χ0) is 18.7. The Hall–Kier alpha value is -1.60. The van der Waals surface area contributed by atoms with E-state index in [0.717, 1.165) is 26.2 Å². The summed E-state index contributed by atoms with van der Waals surface area (Å²) in [6, 6.07) is 7.23. The summed E-state index contributed by atoms with van der Waals surface area (Å²) in [4.78, 5) is 17.3. The van der Waals surface area contributed by atoms with E-state index in [9.17, 15) is 4.79 Å². The maximum Gasteiger partial charge on any atom is 0.292 e. The third kappa shape index (κ3) is 4.38. The Bertz CT molecular complexity index is 800. The summed E-state index contributed by atoms with van der Waals surface area (Å²) in [6.45, 7) is 7.12. The van der Waals surface area contributed by atoms with E-state index in [1.54, 1.807) is 30.5 Å². The Morgan fingerprint density at radius 1 is 1.15 bits per heavy atom. The Labute approximate surface area is 163 Å². The maximum atomic E-state index is 12.5. The number of anilines is 1. The van der Waals surface area contributed by atoms with Crippen molar-refractivity contribution in [1.82, 2.24) is 19.6 Å². The molecule has 1 aliphatic rings. The predicted molar refractivity (Wildman–Crippen MR) is 107 cm³/mol. The number of benzene rings is 1. The number of hydrogen-bond donors (Lipinski definition) is 1. The average molecular weight is 396 g/mol. The van der Waals surface area contributed by atoms with Gasteiger partial charge in [-0.3, -0.25) is 9.69 Å². The third-order valence-corrected chi connectivity index (χ3v) is 5.36. The quantitative estimate of drug-likeness (QED) is 0.842. The van der Waals surface area contributed by atoms with Crippen molar-refractivity contribution < 1.29 is 0 Å². The fourth-order valence-corrected chi connectivity index (χ4v) is 3.29. The highest BCUT2D eigenvalue weighted by molar-refractivity contribution is 6.33. The van der Waals surface area contributed by atoms with Crippen molar-refractivity contribution in [2.75, 3.05) is 45.1 Å². The van der Waals surface area contributed by atoms with E-state index in [1.807, 2.05) is 0 Å². The highest BCUT2D eigenvalue weighted by Gasteiger charge is 2.19. The first-order chi connectivity index (χ1) is 12.5. The van der Waals surface area contributed by atoms with Gasteiger partial charge < -0.3 is 10.2 Å². The van der Waals surface area contributed by atoms with Gasteiger partial charge in [-0.15, -0.1) is 0 Å². The highest BCUT2D eigenvalue weighted by Crippen LogP contribution is 2.18. The van der Waals surface area contributed by atoms with Crippen LogP contribution in [0, 0.1) is 0 Å². The summed E-state index contributed by atoms with van der Waals surface area (Å²) < 4.78 is 1.27. The number of hydrogen-bond acceptors (Lipinski definition) is 5. The van der Waals surface area contributed by atoms with Crippen molar-refractivity contribution in [3.05, 3.63) is 50.9 Å². The van der Waals surface area contributed by atoms with E-state index in [4.69, 9.17) is 23.2 Å². The van der Waals surface area contributed by atoms with Crippen LogP contribution < -0.4 is 10.9 Å². The Balaban J connectivity index is 1.68. The van der Waals surface area contributed by atoms with Gasteiger partial charge in [0.05, 0.1) is 17.6 Å². The molecule has 1 unspecified atom stereocenters. The SMILES string of the molecule is CC(CNc1cnn(-c2ccc(Cl)cc2)c(=O)c1Cl)N1CCN(C)CC1. The van der Waals surface area contributed by atoms with Crippen LogP contribution in [0.15, 0.2) is 35.3 Å². The van der Waals surface area contributed by atoms with Gasteiger partial charge in [-0.1, -0.05) is 23.2 Å². The van der Waals surface area contributed by atoms with Crippen LogP contribution in [0.3, 0.4) is 0 Å². The molecule has 1 aliphatic heterocycles. The summed E-state index contributed by atoms with van der Waals surface area (Å²) >= 11 is 12.2. The van der Waals surface area contributed by atoms with Crippen molar-refractivity contribution >= 4 is 28.9 Å². The number of piperazine rings is 1. The van der Waals surface area contributed by atoms with Gasteiger partial charge in [0.15, 0.2) is 0 Å². The van der Waals surface area contributed by atoms with Crippen LogP contribution in [0.5, 0.6) is 0 Å².